The molecule has 78 valence electrons. The predicted molar refractivity (Wildman–Crippen MR) is 59.4 cm³/mol. The van der Waals surface area contributed by atoms with E-state index in [1.807, 2.05) is 0 Å². The predicted octanol–water partition coefficient (Wildman–Crippen LogP) is 3.69. The molecular formula is C10H6N4O2. The second kappa shape index (κ2) is 3.88. The van der Waals surface area contributed by atoms with Gasteiger partial charge in [-0.25, -0.2) is 0 Å². The quantitative estimate of drug-likeness (QED) is 0.250. The molecule has 0 atom stereocenters. The zero-order chi connectivity index (χ0) is 11.5. The second-order valence-corrected chi connectivity index (χ2v) is 3.10. The van der Waals surface area contributed by atoms with Gasteiger partial charge in [-0.05, 0) is 23.1 Å². The van der Waals surface area contributed by atoms with Gasteiger partial charge in [0.2, 0.25) is 0 Å². The highest BCUT2D eigenvalue weighted by atomic mass is 16.6. The van der Waals surface area contributed by atoms with Crippen molar-refractivity contribution in [2.75, 3.05) is 0 Å². The van der Waals surface area contributed by atoms with Crippen LogP contribution in [-0.4, -0.2) is 4.92 Å². The molecule has 2 aromatic carbocycles. The maximum absolute atomic E-state index is 10.8. The minimum Gasteiger partial charge on any atom is -0.258 e. The zero-order valence-corrected chi connectivity index (χ0v) is 8.07. The van der Waals surface area contributed by atoms with Gasteiger partial charge in [0.1, 0.15) is 0 Å². The van der Waals surface area contributed by atoms with Crippen LogP contribution in [0.3, 0.4) is 0 Å². The Balaban J connectivity index is 2.87. The largest absolute Gasteiger partial charge is 0.277 e. The van der Waals surface area contributed by atoms with E-state index in [0.717, 1.165) is 0 Å². The summed E-state index contributed by atoms with van der Waals surface area (Å²) in [6, 6.07) is 9.54. The summed E-state index contributed by atoms with van der Waals surface area (Å²) in [6.07, 6.45) is 0. The molecular weight excluding hydrogens is 208 g/mol. The van der Waals surface area contributed by atoms with Crippen LogP contribution in [0.1, 0.15) is 0 Å². The number of benzene rings is 2. The van der Waals surface area contributed by atoms with Gasteiger partial charge in [0.25, 0.3) is 5.69 Å². The molecule has 0 amide bonds. The first-order chi connectivity index (χ1) is 7.74. The van der Waals surface area contributed by atoms with Crippen LogP contribution in [0.15, 0.2) is 41.5 Å². The smallest absolute Gasteiger partial charge is 0.258 e. The van der Waals surface area contributed by atoms with Crippen molar-refractivity contribution in [1.29, 1.82) is 0 Å². The van der Waals surface area contributed by atoms with Crippen molar-refractivity contribution in [1.82, 2.24) is 0 Å². The maximum atomic E-state index is 10.8. The Kier molecular flexibility index (Phi) is 2.41. The first-order valence-electron chi connectivity index (χ1n) is 4.45. The summed E-state index contributed by atoms with van der Waals surface area (Å²) in [5.74, 6) is 0. The highest BCUT2D eigenvalue weighted by Gasteiger charge is 2.12. The van der Waals surface area contributed by atoms with Crippen molar-refractivity contribution in [2.24, 2.45) is 5.11 Å². The molecule has 0 saturated heterocycles. The van der Waals surface area contributed by atoms with Crippen LogP contribution in [0.25, 0.3) is 21.2 Å². The van der Waals surface area contributed by atoms with Gasteiger partial charge in [0.05, 0.1) is 10.3 Å². The normalized spacial score (nSPS) is 9.75. The lowest BCUT2D eigenvalue weighted by atomic mass is 10.1. The van der Waals surface area contributed by atoms with Gasteiger partial charge >= 0.3 is 0 Å². The maximum Gasteiger partial charge on any atom is 0.277 e. The Bertz CT molecular complexity index is 577. The van der Waals surface area contributed by atoms with Crippen LogP contribution in [-0.2, 0) is 0 Å². The molecule has 0 bridgehead atoms. The molecule has 0 radical (unpaired) electrons. The number of hydrogen-bond donors (Lipinski definition) is 0. The number of azide groups is 1. The third-order valence-electron chi connectivity index (χ3n) is 2.23. The second-order valence-electron chi connectivity index (χ2n) is 3.10. The van der Waals surface area contributed by atoms with Crippen LogP contribution >= 0.6 is 0 Å². The van der Waals surface area contributed by atoms with Gasteiger partial charge in [-0.1, -0.05) is 23.3 Å². The molecule has 2 rings (SSSR count). The van der Waals surface area contributed by atoms with E-state index in [0.29, 0.717) is 16.5 Å². The first-order valence-corrected chi connectivity index (χ1v) is 4.45. The number of non-ortho nitro benzene ring substituents is 1. The summed E-state index contributed by atoms with van der Waals surface area (Å²) in [5.41, 5.74) is 8.78. The zero-order valence-electron chi connectivity index (χ0n) is 8.07. The van der Waals surface area contributed by atoms with Crippen molar-refractivity contribution in [3.63, 3.8) is 0 Å². The molecule has 0 spiro atoms. The molecule has 16 heavy (non-hydrogen) atoms. The van der Waals surface area contributed by atoms with E-state index < -0.39 is 4.92 Å². The summed E-state index contributed by atoms with van der Waals surface area (Å²) in [5, 5.41) is 15.3. The van der Waals surface area contributed by atoms with Gasteiger partial charge in [0, 0.05) is 16.7 Å². The number of rotatable bonds is 2. The Hall–Kier alpha value is -2.59. The standard InChI is InChI=1S/C10H6N4O2/c11-13-12-9-5-6-10(14(15)16)8-4-2-1-3-7(8)9/h1-6H. The molecule has 0 N–H and O–H groups in total. The minimum absolute atomic E-state index is 0.00693. The summed E-state index contributed by atoms with van der Waals surface area (Å²) in [7, 11) is 0. The van der Waals surface area contributed by atoms with Gasteiger partial charge in [-0.3, -0.25) is 10.1 Å². The van der Waals surface area contributed by atoms with Gasteiger partial charge in [-0.15, -0.1) is 0 Å². The van der Waals surface area contributed by atoms with E-state index in [9.17, 15) is 10.1 Å². The average Bonchev–Trinajstić information content (AvgIpc) is 2.29. The fourth-order valence-electron chi connectivity index (χ4n) is 1.56. The van der Waals surface area contributed by atoms with Gasteiger partial charge in [0.15, 0.2) is 0 Å². The van der Waals surface area contributed by atoms with Crippen LogP contribution in [0.4, 0.5) is 11.4 Å². The van der Waals surface area contributed by atoms with Crippen molar-refractivity contribution >= 4 is 22.1 Å². The monoisotopic (exact) mass is 214 g/mol. The third-order valence-corrected chi connectivity index (χ3v) is 2.23. The minimum atomic E-state index is -0.456. The number of hydrogen-bond acceptors (Lipinski definition) is 3. The van der Waals surface area contributed by atoms with E-state index >= 15 is 0 Å². The Labute approximate surface area is 89.9 Å². The molecule has 6 nitrogen and oxygen atoms in total. The molecule has 0 aromatic heterocycles. The van der Waals surface area contributed by atoms with E-state index in [4.69, 9.17) is 5.53 Å². The van der Waals surface area contributed by atoms with Crippen molar-refractivity contribution in [3.05, 3.63) is 57.0 Å². The summed E-state index contributed by atoms with van der Waals surface area (Å²) < 4.78 is 0. The van der Waals surface area contributed by atoms with E-state index in [-0.39, 0.29) is 5.69 Å². The third kappa shape index (κ3) is 1.53. The molecule has 0 fully saturated rings. The number of nitro groups is 1. The molecule has 0 saturated carbocycles. The van der Waals surface area contributed by atoms with Crippen LogP contribution < -0.4 is 0 Å². The molecule has 6 heteroatoms. The van der Waals surface area contributed by atoms with Crippen molar-refractivity contribution in [2.45, 2.75) is 0 Å². The Morgan fingerprint density at radius 2 is 1.88 bits per heavy atom. The van der Waals surface area contributed by atoms with Crippen molar-refractivity contribution in [3.8, 4) is 0 Å². The van der Waals surface area contributed by atoms with E-state index in [1.54, 1.807) is 24.3 Å². The molecule has 2 aromatic rings. The highest BCUT2D eigenvalue weighted by molar-refractivity contribution is 5.98. The summed E-state index contributed by atoms with van der Waals surface area (Å²) in [6.45, 7) is 0. The Morgan fingerprint density at radius 1 is 1.19 bits per heavy atom. The number of nitro benzene ring substituents is 1. The lowest BCUT2D eigenvalue weighted by Crippen LogP contribution is -1.89. The number of nitrogens with zero attached hydrogens (tertiary/aromatic N) is 4. The topological polar surface area (TPSA) is 91.9 Å². The summed E-state index contributed by atoms with van der Waals surface area (Å²) in [4.78, 5) is 13.0. The van der Waals surface area contributed by atoms with Crippen LogP contribution in [0.5, 0.6) is 0 Å². The lowest BCUT2D eigenvalue weighted by Gasteiger charge is -2.01. The lowest BCUT2D eigenvalue weighted by molar-refractivity contribution is -0.383. The van der Waals surface area contributed by atoms with Crippen LogP contribution in [0.2, 0.25) is 0 Å². The highest BCUT2D eigenvalue weighted by Crippen LogP contribution is 2.32. The van der Waals surface area contributed by atoms with Crippen molar-refractivity contribution < 1.29 is 4.92 Å². The fraction of sp³-hybridized carbons (Fsp3) is 0. The Morgan fingerprint density at radius 3 is 2.50 bits per heavy atom. The van der Waals surface area contributed by atoms with Gasteiger partial charge in [-0.2, -0.15) is 0 Å². The molecule has 0 aliphatic carbocycles. The molecule has 0 heterocycles. The SMILES string of the molecule is [N-]=[N+]=Nc1ccc([N+](=O)[O-])c2ccccc12. The van der Waals surface area contributed by atoms with E-state index in [1.165, 1.54) is 12.1 Å². The number of fused-ring (bicyclic) bond motifs is 1. The summed E-state index contributed by atoms with van der Waals surface area (Å²) >= 11 is 0. The van der Waals surface area contributed by atoms with Crippen LogP contribution in [0, 0.1) is 10.1 Å². The van der Waals surface area contributed by atoms with E-state index in [2.05, 4.69) is 10.0 Å². The molecule has 0 aliphatic heterocycles. The average molecular weight is 214 g/mol. The molecule has 0 aliphatic rings. The molecule has 0 unspecified atom stereocenters. The first kappa shape index (κ1) is 9.95. The fourth-order valence-corrected chi connectivity index (χ4v) is 1.56. The van der Waals surface area contributed by atoms with Gasteiger partial charge < -0.3 is 0 Å².